The van der Waals surface area contributed by atoms with E-state index in [0.29, 0.717) is 11.0 Å². The number of rotatable bonds is 2. The summed E-state index contributed by atoms with van der Waals surface area (Å²) in [4.78, 5) is 42.8. The number of aromatic nitrogens is 4. The van der Waals surface area contributed by atoms with E-state index in [0.717, 1.165) is 0 Å². The highest BCUT2D eigenvalue weighted by Gasteiger charge is 2.19. The van der Waals surface area contributed by atoms with E-state index in [9.17, 15) is 19.7 Å². The van der Waals surface area contributed by atoms with Gasteiger partial charge in [0.15, 0.2) is 0 Å². The van der Waals surface area contributed by atoms with Crippen LogP contribution in [0, 0.1) is 10.1 Å². The van der Waals surface area contributed by atoms with Crippen LogP contribution in [0.15, 0.2) is 52.3 Å². The number of hydrogen-bond donors (Lipinski definition) is 2. The van der Waals surface area contributed by atoms with Gasteiger partial charge in [0.2, 0.25) is 0 Å². The minimum absolute atomic E-state index is 0.180. The number of aromatic amines is 2. The van der Waals surface area contributed by atoms with Crippen molar-refractivity contribution in [1.82, 2.24) is 19.5 Å². The molecular weight excluding hydrogens is 314 g/mol. The molecule has 118 valence electrons. The van der Waals surface area contributed by atoms with Crippen LogP contribution in [0.5, 0.6) is 0 Å². The van der Waals surface area contributed by atoms with Crippen molar-refractivity contribution < 1.29 is 4.92 Å². The third-order valence-corrected chi connectivity index (χ3v) is 3.73. The highest BCUT2D eigenvalue weighted by Crippen LogP contribution is 2.29. The van der Waals surface area contributed by atoms with Crippen LogP contribution in [0.4, 0.5) is 5.69 Å². The average Bonchev–Trinajstić information content (AvgIpc) is 2.99. The van der Waals surface area contributed by atoms with Crippen LogP contribution in [0.1, 0.15) is 0 Å². The van der Waals surface area contributed by atoms with Crippen LogP contribution < -0.4 is 11.1 Å². The number of benzene rings is 2. The molecule has 0 saturated heterocycles. The Morgan fingerprint density at radius 3 is 2.42 bits per heavy atom. The maximum absolute atomic E-state index is 11.5. The van der Waals surface area contributed by atoms with E-state index >= 15 is 0 Å². The second-order valence-corrected chi connectivity index (χ2v) is 5.16. The van der Waals surface area contributed by atoms with Gasteiger partial charge in [-0.3, -0.25) is 24.3 Å². The summed E-state index contributed by atoms with van der Waals surface area (Å²) in [5, 5.41) is 11.5. The molecule has 2 aromatic carbocycles. The average molecular weight is 323 g/mol. The van der Waals surface area contributed by atoms with E-state index in [2.05, 4.69) is 15.0 Å². The predicted molar refractivity (Wildman–Crippen MR) is 86.5 cm³/mol. The van der Waals surface area contributed by atoms with E-state index < -0.39 is 16.0 Å². The summed E-state index contributed by atoms with van der Waals surface area (Å²) in [6.07, 6.45) is 1.47. The lowest BCUT2D eigenvalue weighted by molar-refractivity contribution is -0.384. The highest BCUT2D eigenvalue weighted by molar-refractivity contribution is 5.84. The first kappa shape index (κ1) is 13.9. The molecule has 0 aliphatic carbocycles. The molecule has 4 aromatic rings. The number of nitrogens with one attached hydrogen (secondary N) is 2. The zero-order valence-electron chi connectivity index (χ0n) is 12.0. The van der Waals surface area contributed by atoms with Crippen molar-refractivity contribution in [3.63, 3.8) is 0 Å². The molecule has 0 aliphatic rings. The number of nitro benzene ring substituents is 1. The number of H-pyrrole nitrogens is 2. The third kappa shape index (κ3) is 1.99. The Morgan fingerprint density at radius 1 is 1.04 bits per heavy atom. The van der Waals surface area contributed by atoms with Crippen molar-refractivity contribution >= 4 is 27.8 Å². The van der Waals surface area contributed by atoms with E-state index in [-0.39, 0.29) is 22.4 Å². The summed E-state index contributed by atoms with van der Waals surface area (Å²) in [5.74, 6) is 0. The van der Waals surface area contributed by atoms with Gasteiger partial charge in [0.25, 0.3) is 5.69 Å². The number of nitro groups is 1. The molecule has 0 spiro atoms. The Morgan fingerprint density at radius 2 is 1.71 bits per heavy atom. The predicted octanol–water partition coefficient (Wildman–Crippen LogP) is 1.46. The summed E-state index contributed by atoms with van der Waals surface area (Å²) < 4.78 is 1.57. The van der Waals surface area contributed by atoms with Gasteiger partial charge in [-0.05, 0) is 18.2 Å². The van der Waals surface area contributed by atoms with Gasteiger partial charge in [-0.2, -0.15) is 0 Å². The number of para-hydroxylation sites is 2. The van der Waals surface area contributed by atoms with E-state index in [4.69, 9.17) is 0 Å². The Labute approximate surface area is 132 Å². The lowest BCUT2D eigenvalue weighted by atomic mass is 10.2. The topological polar surface area (TPSA) is 127 Å². The zero-order chi connectivity index (χ0) is 16.8. The molecule has 9 heteroatoms. The van der Waals surface area contributed by atoms with Crippen molar-refractivity contribution in [2.24, 2.45) is 0 Å². The van der Waals surface area contributed by atoms with Crippen LogP contribution >= 0.6 is 0 Å². The SMILES string of the molecule is O=c1[nH]c2cc(-n3cnc4ccccc43)c([N+](=O)[O-])cc2[nH]c1=O. The maximum Gasteiger partial charge on any atom is 0.314 e. The molecule has 0 atom stereocenters. The molecule has 0 amide bonds. The van der Waals surface area contributed by atoms with Gasteiger partial charge in [-0.1, -0.05) is 12.1 Å². The lowest BCUT2D eigenvalue weighted by Crippen LogP contribution is -2.29. The van der Waals surface area contributed by atoms with Crippen molar-refractivity contribution in [3.8, 4) is 5.69 Å². The van der Waals surface area contributed by atoms with E-state index in [1.807, 2.05) is 6.07 Å². The van der Waals surface area contributed by atoms with Gasteiger partial charge in [-0.15, -0.1) is 0 Å². The molecule has 2 N–H and O–H groups in total. The van der Waals surface area contributed by atoms with Crippen LogP contribution in [-0.2, 0) is 0 Å². The quantitative estimate of drug-likeness (QED) is 0.328. The molecule has 0 fully saturated rings. The molecule has 2 heterocycles. The van der Waals surface area contributed by atoms with Gasteiger partial charge in [0.1, 0.15) is 12.0 Å². The van der Waals surface area contributed by atoms with Gasteiger partial charge in [0, 0.05) is 6.07 Å². The van der Waals surface area contributed by atoms with Crippen LogP contribution in [0.3, 0.4) is 0 Å². The van der Waals surface area contributed by atoms with Crippen molar-refractivity contribution in [2.75, 3.05) is 0 Å². The second kappa shape index (κ2) is 4.88. The smallest absolute Gasteiger partial charge is 0.314 e. The fourth-order valence-electron chi connectivity index (χ4n) is 2.63. The largest absolute Gasteiger partial charge is 0.316 e. The van der Waals surface area contributed by atoms with Crippen molar-refractivity contribution in [2.45, 2.75) is 0 Å². The molecule has 2 aromatic heterocycles. The molecule has 9 nitrogen and oxygen atoms in total. The number of imidazole rings is 1. The van der Waals surface area contributed by atoms with Crippen molar-refractivity contribution in [1.29, 1.82) is 0 Å². The number of hydrogen-bond acceptors (Lipinski definition) is 5. The first-order chi connectivity index (χ1) is 11.5. The minimum Gasteiger partial charge on any atom is -0.316 e. The van der Waals surface area contributed by atoms with E-state index in [1.54, 1.807) is 22.8 Å². The molecular formula is C15H9N5O4. The Kier molecular flexibility index (Phi) is 2.82. The third-order valence-electron chi connectivity index (χ3n) is 3.73. The first-order valence-corrected chi connectivity index (χ1v) is 6.92. The number of fused-ring (bicyclic) bond motifs is 2. The lowest BCUT2D eigenvalue weighted by Gasteiger charge is -2.07. The first-order valence-electron chi connectivity index (χ1n) is 6.92. The Bertz CT molecular complexity index is 1230. The number of nitrogens with zero attached hydrogens (tertiary/aromatic N) is 3. The van der Waals surface area contributed by atoms with Crippen molar-refractivity contribution in [3.05, 3.63) is 73.5 Å². The fourth-order valence-corrected chi connectivity index (χ4v) is 2.63. The zero-order valence-corrected chi connectivity index (χ0v) is 12.0. The summed E-state index contributed by atoms with van der Waals surface area (Å²) in [5.41, 5.74) is 0.179. The summed E-state index contributed by atoms with van der Waals surface area (Å²) in [6.45, 7) is 0. The van der Waals surface area contributed by atoms with Crippen LogP contribution in [0.25, 0.3) is 27.8 Å². The monoisotopic (exact) mass is 323 g/mol. The molecule has 0 radical (unpaired) electrons. The summed E-state index contributed by atoms with van der Waals surface area (Å²) in [7, 11) is 0. The second-order valence-electron chi connectivity index (χ2n) is 5.16. The van der Waals surface area contributed by atoms with Gasteiger partial charge in [0.05, 0.1) is 27.0 Å². The summed E-state index contributed by atoms with van der Waals surface area (Å²) >= 11 is 0. The maximum atomic E-state index is 11.5. The van der Waals surface area contributed by atoms with Gasteiger partial charge < -0.3 is 9.97 Å². The normalized spacial score (nSPS) is 11.2. The highest BCUT2D eigenvalue weighted by atomic mass is 16.6. The fraction of sp³-hybridized carbons (Fsp3) is 0. The van der Waals surface area contributed by atoms with Gasteiger partial charge in [-0.25, -0.2) is 4.98 Å². The molecule has 0 unspecified atom stereocenters. The standard InChI is InChI=1S/C15H9N5O4/c21-14-15(22)18-10-6-13(20(23)24)12(5-9(10)17-14)19-7-16-8-3-1-2-4-11(8)19/h1-7H,(H,17,21)(H,18,22). The Hall–Kier alpha value is -3.75. The minimum atomic E-state index is -0.863. The van der Waals surface area contributed by atoms with E-state index in [1.165, 1.54) is 18.5 Å². The molecule has 24 heavy (non-hydrogen) atoms. The Balaban J connectivity index is 2.12. The molecule has 0 saturated carbocycles. The van der Waals surface area contributed by atoms with Gasteiger partial charge >= 0.3 is 11.1 Å². The van der Waals surface area contributed by atoms with Crippen LogP contribution in [0.2, 0.25) is 0 Å². The summed E-state index contributed by atoms with van der Waals surface area (Å²) in [6, 6.07) is 9.85. The van der Waals surface area contributed by atoms with Crippen LogP contribution in [-0.4, -0.2) is 24.4 Å². The molecule has 0 aliphatic heterocycles. The molecule has 0 bridgehead atoms. The molecule has 4 rings (SSSR count).